The summed E-state index contributed by atoms with van der Waals surface area (Å²) in [5.74, 6) is 0.218. The Bertz CT molecular complexity index is 402. The van der Waals surface area contributed by atoms with Crippen molar-refractivity contribution in [2.75, 3.05) is 25.0 Å². The molecule has 1 atom stereocenters. The molecule has 0 saturated carbocycles. The number of para-hydroxylation sites is 1. The quantitative estimate of drug-likeness (QED) is 0.876. The van der Waals surface area contributed by atoms with Gasteiger partial charge in [-0.2, -0.15) is 0 Å². The van der Waals surface area contributed by atoms with Gasteiger partial charge in [-0.05, 0) is 31.5 Å². The van der Waals surface area contributed by atoms with E-state index in [2.05, 4.69) is 5.32 Å². The molecule has 1 amide bonds. The van der Waals surface area contributed by atoms with Crippen LogP contribution in [0.2, 0.25) is 5.02 Å². The van der Waals surface area contributed by atoms with Crippen LogP contribution in [-0.2, 0) is 4.79 Å². The molecule has 1 heterocycles. The van der Waals surface area contributed by atoms with Crippen LogP contribution in [0.15, 0.2) is 24.3 Å². The van der Waals surface area contributed by atoms with Crippen molar-refractivity contribution in [3.05, 3.63) is 29.3 Å². The summed E-state index contributed by atoms with van der Waals surface area (Å²) in [5, 5.41) is 3.87. The summed E-state index contributed by atoms with van der Waals surface area (Å²) in [7, 11) is 1.79. The standard InChI is InChI=1S/C13H17ClN2O/c1-16(12-7-3-2-6-11(12)14)13(17)10-5-4-8-15-9-10/h2-3,6-7,10,15H,4-5,8-9H2,1H3. The zero-order chi connectivity index (χ0) is 12.3. The molecule has 3 nitrogen and oxygen atoms in total. The van der Waals surface area contributed by atoms with Crippen molar-refractivity contribution in [2.24, 2.45) is 5.92 Å². The van der Waals surface area contributed by atoms with E-state index in [1.807, 2.05) is 18.2 Å². The molecule has 17 heavy (non-hydrogen) atoms. The number of carbonyl (C=O) groups is 1. The van der Waals surface area contributed by atoms with E-state index in [4.69, 9.17) is 11.6 Å². The van der Waals surface area contributed by atoms with Gasteiger partial charge < -0.3 is 10.2 Å². The van der Waals surface area contributed by atoms with E-state index in [0.29, 0.717) is 5.02 Å². The molecule has 1 N–H and O–H groups in total. The fourth-order valence-electron chi connectivity index (χ4n) is 2.18. The van der Waals surface area contributed by atoms with Crippen molar-refractivity contribution in [1.29, 1.82) is 0 Å². The average Bonchev–Trinajstić information content (AvgIpc) is 2.39. The van der Waals surface area contributed by atoms with Crippen LogP contribution in [-0.4, -0.2) is 26.0 Å². The Morgan fingerprint density at radius 3 is 2.88 bits per heavy atom. The number of hydrogen-bond acceptors (Lipinski definition) is 2. The number of carbonyl (C=O) groups excluding carboxylic acids is 1. The van der Waals surface area contributed by atoms with E-state index in [0.717, 1.165) is 31.6 Å². The lowest BCUT2D eigenvalue weighted by Gasteiger charge is -2.27. The summed E-state index contributed by atoms with van der Waals surface area (Å²) in [6.45, 7) is 1.78. The number of nitrogens with one attached hydrogen (secondary N) is 1. The van der Waals surface area contributed by atoms with Gasteiger partial charge in [0.2, 0.25) is 5.91 Å². The second-order valence-electron chi connectivity index (χ2n) is 4.39. The minimum Gasteiger partial charge on any atom is -0.316 e. The van der Waals surface area contributed by atoms with E-state index >= 15 is 0 Å². The van der Waals surface area contributed by atoms with Gasteiger partial charge in [-0.15, -0.1) is 0 Å². The van der Waals surface area contributed by atoms with Crippen LogP contribution in [0.4, 0.5) is 5.69 Å². The Labute approximate surface area is 107 Å². The normalized spacial score (nSPS) is 20.0. The van der Waals surface area contributed by atoms with Crippen molar-refractivity contribution in [3.8, 4) is 0 Å². The summed E-state index contributed by atoms with van der Waals surface area (Å²) in [4.78, 5) is 13.9. The van der Waals surface area contributed by atoms with E-state index in [1.54, 1.807) is 18.0 Å². The molecule has 1 fully saturated rings. The van der Waals surface area contributed by atoms with Crippen molar-refractivity contribution >= 4 is 23.2 Å². The highest BCUT2D eigenvalue weighted by Crippen LogP contribution is 2.26. The molecule has 2 rings (SSSR count). The molecule has 1 unspecified atom stereocenters. The zero-order valence-electron chi connectivity index (χ0n) is 9.95. The minimum absolute atomic E-state index is 0.0741. The summed E-state index contributed by atoms with van der Waals surface area (Å²) in [6, 6.07) is 7.44. The number of hydrogen-bond donors (Lipinski definition) is 1. The number of benzene rings is 1. The number of halogens is 1. The highest BCUT2D eigenvalue weighted by Gasteiger charge is 2.25. The molecular weight excluding hydrogens is 236 g/mol. The van der Waals surface area contributed by atoms with Crippen LogP contribution >= 0.6 is 11.6 Å². The molecule has 1 aromatic rings. The molecule has 0 aromatic heterocycles. The summed E-state index contributed by atoms with van der Waals surface area (Å²) >= 11 is 6.09. The molecular formula is C13H17ClN2O. The lowest BCUT2D eigenvalue weighted by atomic mass is 9.98. The summed E-state index contributed by atoms with van der Waals surface area (Å²) in [5.41, 5.74) is 0.782. The van der Waals surface area contributed by atoms with E-state index in [1.165, 1.54) is 0 Å². The maximum absolute atomic E-state index is 12.3. The van der Waals surface area contributed by atoms with Gasteiger partial charge in [-0.3, -0.25) is 4.79 Å². The Hall–Kier alpha value is -1.06. The first-order valence-corrected chi connectivity index (χ1v) is 6.31. The van der Waals surface area contributed by atoms with Crippen LogP contribution in [0, 0.1) is 5.92 Å². The smallest absolute Gasteiger partial charge is 0.231 e. The molecule has 1 aliphatic rings. The predicted molar refractivity (Wildman–Crippen MR) is 70.5 cm³/mol. The Morgan fingerprint density at radius 1 is 1.47 bits per heavy atom. The van der Waals surface area contributed by atoms with Crippen LogP contribution in [0.3, 0.4) is 0 Å². The Balaban J connectivity index is 2.11. The SMILES string of the molecule is CN(C(=O)C1CCCNC1)c1ccccc1Cl. The first-order chi connectivity index (χ1) is 8.20. The van der Waals surface area contributed by atoms with Gasteiger partial charge in [0.15, 0.2) is 0 Å². The van der Waals surface area contributed by atoms with E-state index in [-0.39, 0.29) is 11.8 Å². The van der Waals surface area contributed by atoms with Crippen LogP contribution in [0.1, 0.15) is 12.8 Å². The fourth-order valence-corrected chi connectivity index (χ4v) is 2.44. The van der Waals surface area contributed by atoms with Crippen molar-refractivity contribution in [2.45, 2.75) is 12.8 Å². The molecule has 1 aromatic carbocycles. The summed E-state index contributed by atoms with van der Waals surface area (Å²) < 4.78 is 0. The first-order valence-electron chi connectivity index (χ1n) is 5.93. The molecule has 0 radical (unpaired) electrons. The maximum Gasteiger partial charge on any atom is 0.231 e. The van der Waals surface area contributed by atoms with Gasteiger partial charge in [0, 0.05) is 13.6 Å². The third-order valence-electron chi connectivity index (χ3n) is 3.19. The van der Waals surface area contributed by atoms with E-state index in [9.17, 15) is 4.79 Å². The first kappa shape index (κ1) is 12.4. The molecule has 92 valence electrons. The van der Waals surface area contributed by atoms with E-state index < -0.39 is 0 Å². The van der Waals surface area contributed by atoms with Gasteiger partial charge in [0.25, 0.3) is 0 Å². The van der Waals surface area contributed by atoms with Gasteiger partial charge in [-0.25, -0.2) is 0 Å². The third-order valence-corrected chi connectivity index (χ3v) is 3.51. The lowest BCUT2D eigenvalue weighted by molar-refractivity contribution is -0.122. The van der Waals surface area contributed by atoms with Gasteiger partial charge >= 0.3 is 0 Å². The molecule has 4 heteroatoms. The van der Waals surface area contributed by atoms with Crippen molar-refractivity contribution < 1.29 is 4.79 Å². The topological polar surface area (TPSA) is 32.3 Å². The van der Waals surface area contributed by atoms with Gasteiger partial charge in [0.05, 0.1) is 16.6 Å². The highest BCUT2D eigenvalue weighted by atomic mass is 35.5. The maximum atomic E-state index is 12.3. The van der Waals surface area contributed by atoms with Crippen molar-refractivity contribution in [1.82, 2.24) is 5.32 Å². The van der Waals surface area contributed by atoms with Crippen LogP contribution < -0.4 is 10.2 Å². The van der Waals surface area contributed by atoms with Crippen LogP contribution in [0.25, 0.3) is 0 Å². The largest absolute Gasteiger partial charge is 0.316 e. The second-order valence-corrected chi connectivity index (χ2v) is 4.80. The zero-order valence-corrected chi connectivity index (χ0v) is 10.7. The second kappa shape index (κ2) is 5.52. The van der Waals surface area contributed by atoms with Gasteiger partial charge in [0.1, 0.15) is 0 Å². The fraction of sp³-hybridized carbons (Fsp3) is 0.462. The molecule has 1 aliphatic heterocycles. The number of amides is 1. The number of nitrogens with zero attached hydrogens (tertiary/aromatic N) is 1. The Kier molecular flexibility index (Phi) is 4.02. The minimum atomic E-state index is 0.0741. The molecule has 0 spiro atoms. The highest BCUT2D eigenvalue weighted by molar-refractivity contribution is 6.33. The summed E-state index contributed by atoms with van der Waals surface area (Å²) in [6.07, 6.45) is 2.02. The van der Waals surface area contributed by atoms with Crippen molar-refractivity contribution in [3.63, 3.8) is 0 Å². The average molecular weight is 253 g/mol. The molecule has 0 aliphatic carbocycles. The lowest BCUT2D eigenvalue weighted by Crippen LogP contribution is -2.41. The predicted octanol–water partition coefficient (Wildman–Crippen LogP) is 2.30. The third kappa shape index (κ3) is 2.79. The number of anilines is 1. The molecule has 1 saturated heterocycles. The number of rotatable bonds is 2. The number of piperidine rings is 1. The molecule has 0 bridgehead atoms. The Morgan fingerprint density at radius 2 is 2.24 bits per heavy atom. The van der Waals surface area contributed by atoms with Gasteiger partial charge in [-0.1, -0.05) is 23.7 Å². The monoisotopic (exact) mass is 252 g/mol. The van der Waals surface area contributed by atoms with Crippen LogP contribution in [0.5, 0.6) is 0 Å².